The predicted octanol–water partition coefficient (Wildman–Crippen LogP) is 2.43. The highest BCUT2D eigenvalue weighted by molar-refractivity contribution is 6.36. The van der Waals surface area contributed by atoms with E-state index in [0.717, 1.165) is 0 Å². The van der Waals surface area contributed by atoms with Gasteiger partial charge in [0.1, 0.15) is 6.54 Å². The van der Waals surface area contributed by atoms with Crippen molar-refractivity contribution in [3.05, 3.63) is 62.9 Å². The Morgan fingerprint density at radius 3 is 2.50 bits per heavy atom. The van der Waals surface area contributed by atoms with E-state index in [0.29, 0.717) is 10.0 Å². The SMILES string of the molecule is O=C(NCCNC(=O)c1ccc(Cl)cc1Cl)c1nc(Cn2cc(Cl)cn2)no1. The number of halogens is 3. The Hall–Kier alpha value is -2.62. The lowest BCUT2D eigenvalue weighted by Crippen LogP contribution is -2.34. The van der Waals surface area contributed by atoms with E-state index in [1.165, 1.54) is 23.0 Å². The lowest BCUT2D eigenvalue weighted by atomic mass is 10.2. The van der Waals surface area contributed by atoms with E-state index in [1.54, 1.807) is 12.3 Å². The first-order chi connectivity index (χ1) is 13.4. The summed E-state index contributed by atoms with van der Waals surface area (Å²) in [5.74, 6) is -0.860. The predicted molar refractivity (Wildman–Crippen MR) is 102 cm³/mol. The molecule has 0 radical (unpaired) electrons. The minimum absolute atomic E-state index is 0.155. The van der Waals surface area contributed by atoms with Crippen LogP contribution in [0.3, 0.4) is 0 Å². The van der Waals surface area contributed by atoms with Crippen LogP contribution >= 0.6 is 34.8 Å². The molecule has 28 heavy (non-hydrogen) atoms. The second kappa shape index (κ2) is 9.05. The summed E-state index contributed by atoms with van der Waals surface area (Å²) < 4.78 is 6.42. The number of rotatable bonds is 7. The molecule has 9 nitrogen and oxygen atoms in total. The van der Waals surface area contributed by atoms with Gasteiger partial charge in [-0.15, -0.1) is 0 Å². The summed E-state index contributed by atoms with van der Waals surface area (Å²) in [5, 5.41) is 14.0. The lowest BCUT2D eigenvalue weighted by Gasteiger charge is -2.07. The Morgan fingerprint density at radius 1 is 1.07 bits per heavy atom. The third-order valence-electron chi connectivity index (χ3n) is 3.44. The third kappa shape index (κ3) is 5.22. The highest BCUT2D eigenvalue weighted by atomic mass is 35.5. The number of nitrogens with zero attached hydrogens (tertiary/aromatic N) is 4. The maximum Gasteiger partial charge on any atom is 0.316 e. The Morgan fingerprint density at radius 2 is 1.82 bits per heavy atom. The number of hydrogen-bond acceptors (Lipinski definition) is 6. The molecule has 2 amide bonds. The lowest BCUT2D eigenvalue weighted by molar-refractivity contribution is 0.0898. The Labute approximate surface area is 173 Å². The van der Waals surface area contributed by atoms with Crippen molar-refractivity contribution in [3.63, 3.8) is 0 Å². The number of benzene rings is 1. The minimum Gasteiger partial charge on any atom is -0.350 e. The van der Waals surface area contributed by atoms with E-state index >= 15 is 0 Å². The maximum atomic E-state index is 12.1. The summed E-state index contributed by atoms with van der Waals surface area (Å²) in [6.07, 6.45) is 3.06. The number of carbonyl (C=O) groups excluding carboxylic acids is 2. The van der Waals surface area contributed by atoms with Gasteiger partial charge in [0.05, 0.1) is 21.8 Å². The van der Waals surface area contributed by atoms with Gasteiger partial charge in [0.15, 0.2) is 5.82 Å². The van der Waals surface area contributed by atoms with Gasteiger partial charge in [-0.3, -0.25) is 14.3 Å². The highest BCUT2D eigenvalue weighted by Crippen LogP contribution is 2.20. The summed E-state index contributed by atoms with van der Waals surface area (Å²) in [6, 6.07) is 4.56. The molecule has 1 aromatic carbocycles. The van der Waals surface area contributed by atoms with Crippen LogP contribution in [0.1, 0.15) is 26.9 Å². The molecule has 0 saturated carbocycles. The van der Waals surface area contributed by atoms with E-state index in [2.05, 4.69) is 25.9 Å². The normalized spacial score (nSPS) is 10.7. The van der Waals surface area contributed by atoms with Crippen molar-refractivity contribution in [2.75, 3.05) is 13.1 Å². The summed E-state index contributed by atoms with van der Waals surface area (Å²) in [7, 11) is 0. The van der Waals surface area contributed by atoms with Crippen LogP contribution in [0.15, 0.2) is 35.1 Å². The molecule has 0 spiro atoms. The monoisotopic (exact) mass is 442 g/mol. The summed E-state index contributed by atoms with van der Waals surface area (Å²) in [5.41, 5.74) is 0.290. The Kier molecular flexibility index (Phi) is 6.50. The molecule has 12 heteroatoms. The van der Waals surface area contributed by atoms with Crippen molar-refractivity contribution in [2.45, 2.75) is 6.54 Å². The number of amides is 2. The smallest absolute Gasteiger partial charge is 0.316 e. The highest BCUT2D eigenvalue weighted by Gasteiger charge is 2.16. The van der Waals surface area contributed by atoms with Gasteiger partial charge in [0.2, 0.25) is 0 Å². The van der Waals surface area contributed by atoms with Gasteiger partial charge in [-0.05, 0) is 18.2 Å². The molecule has 0 unspecified atom stereocenters. The van der Waals surface area contributed by atoms with Gasteiger partial charge in [0, 0.05) is 24.3 Å². The molecule has 0 aliphatic heterocycles. The molecule has 3 aromatic rings. The van der Waals surface area contributed by atoms with Gasteiger partial charge in [0.25, 0.3) is 5.91 Å². The number of nitrogens with one attached hydrogen (secondary N) is 2. The first kappa shape index (κ1) is 20.1. The topological polar surface area (TPSA) is 115 Å². The zero-order chi connectivity index (χ0) is 20.1. The molecule has 0 atom stereocenters. The van der Waals surface area contributed by atoms with Crippen LogP contribution < -0.4 is 10.6 Å². The maximum absolute atomic E-state index is 12.1. The molecule has 2 N–H and O–H groups in total. The first-order valence-electron chi connectivity index (χ1n) is 7.94. The summed E-state index contributed by atoms with van der Waals surface area (Å²) >= 11 is 17.5. The van der Waals surface area contributed by atoms with Crippen LogP contribution in [-0.4, -0.2) is 44.8 Å². The van der Waals surface area contributed by atoms with Crippen LogP contribution in [0.5, 0.6) is 0 Å². The molecule has 3 rings (SSSR count). The van der Waals surface area contributed by atoms with Crippen LogP contribution in [0.25, 0.3) is 0 Å². The fourth-order valence-corrected chi connectivity index (χ4v) is 2.83. The van der Waals surface area contributed by atoms with E-state index in [9.17, 15) is 9.59 Å². The van der Waals surface area contributed by atoms with E-state index in [1.807, 2.05) is 0 Å². The molecule has 0 saturated heterocycles. The fraction of sp³-hybridized carbons (Fsp3) is 0.188. The number of hydrogen-bond donors (Lipinski definition) is 2. The molecule has 2 heterocycles. The third-order valence-corrected chi connectivity index (χ3v) is 4.18. The Balaban J connectivity index is 1.45. The quantitative estimate of drug-likeness (QED) is 0.542. The van der Waals surface area contributed by atoms with Crippen LogP contribution in [0.4, 0.5) is 0 Å². The molecule has 0 aliphatic rings. The summed E-state index contributed by atoms with van der Waals surface area (Å²) in [4.78, 5) is 28.1. The molecular formula is C16H13Cl3N6O3. The van der Waals surface area contributed by atoms with E-state index in [4.69, 9.17) is 39.3 Å². The average molecular weight is 444 g/mol. The molecule has 2 aromatic heterocycles. The minimum atomic E-state index is -0.559. The van der Waals surface area contributed by atoms with Crippen molar-refractivity contribution < 1.29 is 14.1 Å². The zero-order valence-electron chi connectivity index (χ0n) is 14.2. The van der Waals surface area contributed by atoms with Crippen LogP contribution in [-0.2, 0) is 6.54 Å². The van der Waals surface area contributed by atoms with Crippen molar-refractivity contribution in [1.29, 1.82) is 0 Å². The Bertz CT molecular complexity index is 1000. The largest absolute Gasteiger partial charge is 0.350 e. The first-order valence-corrected chi connectivity index (χ1v) is 9.08. The van der Waals surface area contributed by atoms with Crippen molar-refractivity contribution in [3.8, 4) is 0 Å². The second-order valence-corrected chi connectivity index (χ2v) is 6.79. The molecule has 0 bridgehead atoms. The van der Waals surface area contributed by atoms with Crippen molar-refractivity contribution >= 4 is 46.6 Å². The fourth-order valence-electron chi connectivity index (χ4n) is 2.18. The summed E-state index contributed by atoms with van der Waals surface area (Å²) in [6.45, 7) is 0.542. The van der Waals surface area contributed by atoms with Crippen molar-refractivity contribution in [2.24, 2.45) is 0 Å². The molecule has 0 fully saturated rings. The van der Waals surface area contributed by atoms with Gasteiger partial charge < -0.3 is 15.2 Å². The van der Waals surface area contributed by atoms with Crippen LogP contribution in [0.2, 0.25) is 15.1 Å². The van der Waals surface area contributed by atoms with Crippen molar-refractivity contribution in [1.82, 2.24) is 30.6 Å². The number of aromatic nitrogens is 4. The number of carbonyl (C=O) groups is 2. The van der Waals surface area contributed by atoms with Gasteiger partial charge >= 0.3 is 11.8 Å². The van der Waals surface area contributed by atoms with Gasteiger partial charge in [-0.2, -0.15) is 10.1 Å². The zero-order valence-corrected chi connectivity index (χ0v) is 16.4. The standard InChI is InChI=1S/C16H13Cl3N6O3/c17-9-1-2-11(12(19)5-9)14(26)20-3-4-21-15(27)16-23-13(24-28-16)8-25-7-10(18)6-22-25/h1-2,5-7H,3-4,8H2,(H,20,26)(H,21,27). The van der Waals surface area contributed by atoms with E-state index < -0.39 is 5.91 Å². The average Bonchev–Trinajstić information content (AvgIpc) is 3.27. The molecule has 0 aliphatic carbocycles. The molecular weight excluding hydrogens is 431 g/mol. The molecule has 146 valence electrons. The van der Waals surface area contributed by atoms with Gasteiger partial charge in [-0.1, -0.05) is 40.0 Å². The second-order valence-electron chi connectivity index (χ2n) is 5.51. The van der Waals surface area contributed by atoms with E-state index in [-0.39, 0.29) is 47.8 Å². The van der Waals surface area contributed by atoms with Gasteiger partial charge in [-0.25, -0.2) is 0 Å². The van der Waals surface area contributed by atoms with Crippen LogP contribution in [0, 0.1) is 0 Å².